The first-order valence-corrected chi connectivity index (χ1v) is 5.77. The average molecular weight is 215 g/mol. The third-order valence-electron chi connectivity index (χ3n) is 1.72. The molecule has 0 aromatic heterocycles. The minimum atomic E-state index is -0.299. The van der Waals surface area contributed by atoms with Crippen LogP contribution in [-0.4, -0.2) is 18.6 Å². The van der Waals surface area contributed by atoms with Gasteiger partial charge in [-0.15, -0.1) is 0 Å². The van der Waals surface area contributed by atoms with E-state index in [0.29, 0.717) is 18.9 Å². The Hall–Kier alpha value is -0.740. The molecule has 0 bridgehead atoms. The predicted octanol–water partition coefficient (Wildman–Crippen LogP) is 2.03. The molecule has 1 aromatic carbocycles. The summed E-state index contributed by atoms with van der Waals surface area (Å²) in [5.74, 6) is 1.15. The van der Waals surface area contributed by atoms with Gasteiger partial charge in [0.2, 0.25) is 0 Å². The minimum Gasteiger partial charge on any atom is -0.493 e. The zero-order valence-electron chi connectivity index (χ0n) is 8.13. The smallest absolute Gasteiger partial charge is 0.127 e. The van der Waals surface area contributed by atoms with E-state index in [1.807, 2.05) is 6.26 Å². The maximum Gasteiger partial charge on any atom is 0.127 e. The minimum absolute atomic E-state index is 0.299. The van der Waals surface area contributed by atoms with Gasteiger partial charge in [-0.05, 0) is 24.0 Å². The summed E-state index contributed by atoms with van der Waals surface area (Å²) in [4.78, 5) is 0. The summed E-state index contributed by atoms with van der Waals surface area (Å²) in [7, 11) is 0. The molecular weight excluding hydrogens is 201 g/mol. The van der Waals surface area contributed by atoms with Gasteiger partial charge in [0.1, 0.15) is 11.6 Å². The molecule has 2 N–H and O–H groups in total. The first-order valence-electron chi connectivity index (χ1n) is 4.37. The maximum absolute atomic E-state index is 13.0. The monoisotopic (exact) mass is 215 g/mol. The Morgan fingerprint density at radius 2 is 2.21 bits per heavy atom. The van der Waals surface area contributed by atoms with Gasteiger partial charge in [0.05, 0.1) is 6.61 Å². The molecule has 0 saturated carbocycles. The number of hydrogen-bond acceptors (Lipinski definition) is 3. The van der Waals surface area contributed by atoms with Crippen LogP contribution in [-0.2, 0) is 6.54 Å². The Balaban J connectivity index is 2.62. The fourth-order valence-corrected chi connectivity index (χ4v) is 1.31. The molecule has 0 aliphatic rings. The van der Waals surface area contributed by atoms with Crippen LogP contribution >= 0.6 is 11.8 Å². The molecule has 4 heteroatoms. The van der Waals surface area contributed by atoms with Gasteiger partial charge in [0.15, 0.2) is 0 Å². The second-order valence-electron chi connectivity index (χ2n) is 2.84. The lowest BCUT2D eigenvalue weighted by atomic mass is 10.2. The van der Waals surface area contributed by atoms with E-state index in [4.69, 9.17) is 10.5 Å². The van der Waals surface area contributed by atoms with Gasteiger partial charge in [-0.2, -0.15) is 11.8 Å². The number of hydrogen-bond donors (Lipinski definition) is 1. The Labute approximate surface area is 87.6 Å². The molecule has 1 rings (SSSR count). The van der Waals surface area contributed by atoms with Crippen molar-refractivity contribution in [1.29, 1.82) is 0 Å². The third kappa shape index (κ3) is 3.55. The molecule has 0 aliphatic heterocycles. The summed E-state index contributed by atoms with van der Waals surface area (Å²) in [5, 5.41) is 0. The van der Waals surface area contributed by atoms with E-state index in [9.17, 15) is 4.39 Å². The maximum atomic E-state index is 13.0. The van der Waals surface area contributed by atoms with Crippen LogP contribution < -0.4 is 10.5 Å². The number of nitrogens with two attached hydrogens (primary N) is 1. The molecule has 0 unspecified atom stereocenters. The van der Waals surface area contributed by atoms with Gasteiger partial charge < -0.3 is 10.5 Å². The molecule has 0 fully saturated rings. The van der Waals surface area contributed by atoms with Crippen LogP contribution in [0.15, 0.2) is 18.2 Å². The molecule has 78 valence electrons. The standard InChI is InChI=1S/C10H14FNOS/c1-14-3-2-13-10-5-8(7-12)4-9(11)6-10/h4-6H,2-3,7,12H2,1H3. The van der Waals surface area contributed by atoms with Gasteiger partial charge in [-0.3, -0.25) is 0 Å². The fraction of sp³-hybridized carbons (Fsp3) is 0.400. The van der Waals surface area contributed by atoms with Crippen LogP contribution in [0.1, 0.15) is 5.56 Å². The summed E-state index contributed by atoms with van der Waals surface area (Å²) in [6.45, 7) is 0.922. The highest BCUT2D eigenvalue weighted by atomic mass is 32.2. The van der Waals surface area contributed by atoms with E-state index in [2.05, 4.69) is 0 Å². The van der Waals surface area contributed by atoms with Crippen molar-refractivity contribution in [3.05, 3.63) is 29.6 Å². The summed E-state index contributed by atoms with van der Waals surface area (Å²) in [5.41, 5.74) is 6.17. The summed E-state index contributed by atoms with van der Waals surface area (Å²) >= 11 is 1.69. The normalized spacial score (nSPS) is 10.2. The molecule has 0 aliphatic carbocycles. The number of rotatable bonds is 5. The van der Waals surface area contributed by atoms with Crippen LogP contribution in [0, 0.1) is 5.82 Å². The van der Waals surface area contributed by atoms with Gasteiger partial charge >= 0.3 is 0 Å². The van der Waals surface area contributed by atoms with E-state index >= 15 is 0 Å². The zero-order chi connectivity index (χ0) is 10.4. The van der Waals surface area contributed by atoms with Crippen LogP contribution in [0.3, 0.4) is 0 Å². The molecule has 0 saturated heterocycles. The summed E-state index contributed by atoms with van der Waals surface area (Å²) in [6, 6.07) is 4.56. The van der Waals surface area contributed by atoms with Crippen molar-refractivity contribution in [3.8, 4) is 5.75 Å². The van der Waals surface area contributed by atoms with Crippen LogP contribution in [0.5, 0.6) is 5.75 Å². The molecule has 14 heavy (non-hydrogen) atoms. The Bertz CT molecular complexity index is 293. The average Bonchev–Trinajstić information content (AvgIpc) is 2.17. The van der Waals surface area contributed by atoms with Crippen molar-refractivity contribution >= 4 is 11.8 Å². The Morgan fingerprint density at radius 1 is 1.43 bits per heavy atom. The van der Waals surface area contributed by atoms with E-state index < -0.39 is 0 Å². The molecule has 1 aromatic rings. The molecule has 2 nitrogen and oxygen atoms in total. The van der Waals surface area contributed by atoms with Gasteiger partial charge in [0, 0.05) is 18.4 Å². The number of thioether (sulfide) groups is 1. The van der Waals surface area contributed by atoms with Crippen LogP contribution in [0.4, 0.5) is 4.39 Å². The van der Waals surface area contributed by atoms with E-state index in [1.54, 1.807) is 17.8 Å². The Kier molecular flexibility index (Phi) is 4.76. The van der Waals surface area contributed by atoms with Crippen LogP contribution in [0.25, 0.3) is 0 Å². The van der Waals surface area contributed by atoms with E-state index in [-0.39, 0.29) is 5.82 Å². The second kappa shape index (κ2) is 5.88. The predicted molar refractivity (Wildman–Crippen MR) is 58.2 cm³/mol. The van der Waals surface area contributed by atoms with Gasteiger partial charge in [0.25, 0.3) is 0 Å². The number of halogens is 1. The van der Waals surface area contributed by atoms with Crippen molar-refractivity contribution in [2.24, 2.45) is 5.73 Å². The molecule has 0 heterocycles. The van der Waals surface area contributed by atoms with Crippen molar-refractivity contribution < 1.29 is 9.13 Å². The summed E-state index contributed by atoms with van der Waals surface area (Å²) in [6.07, 6.45) is 2.00. The second-order valence-corrected chi connectivity index (χ2v) is 3.83. The van der Waals surface area contributed by atoms with Crippen molar-refractivity contribution in [1.82, 2.24) is 0 Å². The molecule has 0 amide bonds. The fourth-order valence-electron chi connectivity index (χ4n) is 1.06. The Morgan fingerprint density at radius 3 is 2.86 bits per heavy atom. The number of benzene rings is 1. The van der Waals surface area contributed by atoms with Gasteiger partial charge in [-0.25, -0.2) is 4.39 Å². The van der Waals surface area contributed by atoms with E-state index in [1.165, 1.54) is 12.1 Å². The molecule has 0 radical (unpaired) electrons. The molecule has 0 atom stereocenters. The first-order chi connectivity index (χ1) is 6.76. The van der Waals surface area contributed by atoms with Crippen molar-refractivity contribution in [3.63, 3.8) is 0 Å². The highest BCUT2D eigenvalue weighted by Gasteiger charge is 2.00. The largest absolute Gasteiger partial charge is 0.493 e. The molecular formula is C10H14FNOS. The third-order valence-corrected chi connectivity index (χ3v) is 2.30. The highest BCUT2D eigenvalue weighted by molar-refractivity contribution is 7.98. The summed E-state index contributed by atoms with van der Waals surface area (Å²) < 4.78 is 18.3. The number of ether oxygens (including phenoxy) is 1. The molecule has 0 spiro atoms. The van der Waals surface area contributed by atoms with E-state index in [0.717, 1.165) is 11.3 Å². The lowest BCUT2D eigenvalue weighted by Crippen LogP contribution is -2.02. The first kappa shape index (κ1) is 11.3. The lowest BCUT2D eigenvalue weighted by Gasteiger charge is -2.06. The lowest BCUT2D eigenvalue weighted by molar-refractivity contribution is 0.341. The quantitative estimate of drug-likeness (QED) is 0.763. The SMILES string of the molecule is CSCCOc1cc(F)cc(CN)c1. The van der Waals surface area contributed by atoms with Crippen molar-refractivity contribution in [2.75, 3.05) is 18.6 Å². The van der Waals surface area contributed by atoms with Crippen molar-refractivity contribution in [2.45, 2.75) is 6.54 Å². The zero-order valence-corrected chi connectivity index (χ0v) is 8.94. The highest BCUT2D eigenvalue weighted by Crippen LogP contribution is 2.16. The topological polar surface area (TPSA) is 35.2 Å². The van der Waals surface area contributed by atoms with Gasteiger partial charge in [-0.1, -0.05) is 0 Å². The van der Waals surface area contributed by atoms with Crippen LogP contribution in [0.2, 0.25) is 0 Å².